The van der Waals surface area contributed by atoms with Gasteiger partial charge in [-0.05, 0) is 38.0 Å². The molecule has 1 rings (SSSR count). The first-order valence-corrected chi connectivity index (χ1v) is 6.69. The molecule has 0 aliphatic heterocycles. The zero-order chi connectivity index (χ0) is 15.0. The maximum atomic E-state index is 10.6. The van der Waals surface area contributed by atoms with E-state index in [1.54, 1.807) is 6.92 Å². The normalized spacial score (nSPS) is 13.8. The summed E-state index contributed by atoms with van der Waals surface area (Å²) in [6, 6.07) is 4.40. The smallest absolute Gasteiger partial charge is 0.161 e. The van der Waals surface area contributed by atoms with Gasteiger partial charge in [-0.2, -0.15) is 0 Å². The maximum absolute atomic E-state index is 10.6. The van der Waals surface area contributed by atoms with E-state index in [1.807, 2.05) is 6.92 Å². The van der Waals surface area contributed by atoms with Gasteiger partial charge in [-0.3, -0.25) is 4.79 Å². The van der Waals surface area contributed by atoms with Crippen LogP contribution in [0.2, 0.25) is 0 Å². The summed E-state index contributed by atoms with van der Waals surface area (Å²) in [7, 11) is 0. The molecule has 5 nitrogen and oxygen atoms in total. The minimum atomic E-state index is -0.697. The molecule has 5 heteroatoms. The lowest BCUT2D eigenvalue weighted by Crippen LogP contribution is -2.25. The van der Waals surface area contributed by atoms with Crippen LogP contribution in [-0.2, 0) is 4.74 Å². The molecule has 0 heterocycles. The Hall–Kier alpha value is -1.59. The van der Waals surface area contributed by atoms with E-state index in [0.717, 1.165) is 0 Å². The molecule has 0 amide bonds. The lowest BCUT2D eigenvalue weighted by Gasteiger charge is -2.20. The molecule has 112 valence electrons. The van der Waals surface area contributed by atoms with E-state index < -0.39 is 5.60 Å². The summed E-state index contributed by atoms with van der Waals surface area (Å²) in [6.07, 6.45) is 1.93. The fraction of sp³-hybridized carbons (Fsp3) is 0.533. The number of carbonyl (C=O) groups excluding carboxylic acids is 1. The van der Waals surface area contributed by atoms with Gasteiger partial charge in [0.25, 0.3) is 0 Å². The molecule has 0 bridgehead atoms. The fourth-order valence-corrected chi connectivity index (χ4v) is 1.50. The predicted molar refractivity (Wildman–Crippen MR) is 75.3 cm³/mol. The highest BCUT2D eigenvalue weighted by atomic mass is 16.5. The molecule has 0 unspecified atom stereocenters. The molecule has 0 aromatic heterocycles. The van der Waals surface area contributed by atoms with Gasteiger partial charge >= 0.3 is 0 Å². The summed E-state index contributed by atoms with van der Waals surface area (Å²) < 4.78 is 10.7. The molecule has 0 radical (unpaired) electrons. The highest BCUT2D eigenvalue weighted by Crippen LogP contribution is 2.26. The first-order valence-electron chi connectivity index (χ1n) is 6.69. The lowest BCUT2D eigenvalue weighted by molar-refractivity contribution is 0.00645. The van der Waals surface area contributed by atoms with Crippen molar-refractivity contribution in [3.63, 3.8) is 0 Å². The van der Waals surface area contributed by atoms with Crippen molar-refractivity contribution in [1.29, 1.82) is 0 Å². The van der Waals surface area contributed by atoms with Gasteiger partial charge < -0.3 is 19.7 Å². The minimum Gasteiger partial charge on any atom is -0.504 e. The van der Waals surface area contributed by atoms with Crippen LogP contribution in [0.3, 0.4) is 0 Å². The van der Waals surface area contributed by atoms with Gasteiger partial charge in [-0.1, -0.05) is 6.92 Å². The van der Waals surface area contributed by atoms with Gasteiger partial charge in [0.2, 0.25) is 0 Å². The molecule has 0 saturated carbocycles. The number of aliphatic hydroxyl groups is 1. The van der Waals surface area contributed by atoms with E-state index in [4.69, 9.17) is 9.47 Å². The van der Waals surface area contributed by atoms with Crippen LogP contribution in [0.4, 0.5) is 0 Å². The Morgan fingerprint density at radius 1 is 1.30 bits per heavy atom. The average molecular weight is 282 g/mol. The zero-order valence-electron chi connectivity index (χ0n) is 12.0. The maximum Gasteiger partial charge on any atom is 0.161 e. The number of ether oxygens (including phenoxy) is 2. The Balaban J connectivity index is 2.26. The van der Waals surface area contributed by atoms with Crippen LogP contribution < -0.4 is 4.74 Å². The standard InChI is InChI=1S/C15H22O5/c1-3-15(2,18)6-7-19-8-9-20-14-10-12(11-16)4-5-13(14)17/h4-5,10-11,17-18H,3,6-9H2,1-2H3/t15-/m1/s1. The number of phenols is 1. The molecule has 0 fully saturated rings. The summed E-state index contributed by atoms with van der Waals surface area (Å²) in [4.78, 5) is 10.6. The van der Waals surface area contributed by atoms with Gasteiger partial charge in [0.05, 0.1) is 12.2 Å². The van der Waals surface area contributed by atoms with Crippen LogP contribution in [-0.4, -0.2) is 41.9 Å². The zero-order valence-corrected chi connectivity index (χ0v) is 12.0. The third kappa shape index (κ3) is 5.59. The molecule has 20 heavy (non-hydrogen) atoms. The molecule has 0 spiro atoms. The monoisotopic (exact) mass is 282 g/mol. The number of hydrogen-bond acceptors (Lipinski definition) is 5. The number of aldehydes is 1. The number of rotatable bonds is 9. The molecular weight excluding hydrogens is 260 g/mol. The molecular formula is C15H22O5. The largest absolute Gasteiger partial charge is 0.504 e. The summed E-state index contributed by atoms with van der Waals surface area (Å²) in [5, 5.41) is 19.3. The van der Waals surface area contributed by atoms with Crippen molar-refractivity contribution in [2.45, 2.75) is 32.3 Å². The van der Waals surface area contributed by atoms with Crippen LogP contribution in [0.5, 0.6) is 11.5 Å². The van der Waals surface area contributed by atoms with E-state index in [9.17, 15) is 15.0 Å². The van der Waals surface area contributed by atoms with Gasteiger partial charge in [0.15, 0.2) is 11.5 Å². The van der Waals surface area contributed by atoms with Crippen LogP contribution in [0, 0.1) is 0 Å². The Labute approximate surface area is 119 Å². The first-order chi connectivity index (χ1) is 9.48. The molecule has 1 aromatic rings. The number of benzene rings is 1. The fourth-order valence-electron chi connectivity index (χ4n) is 1.50. The van der Waals surface area contributed by atoms with Crippen molar-refractivity contribution in [1.82, 2.24) is 0 Å². The number of carbonyl (C=O) groups is 1. The van der Waals surface area contributed by atoms with E-state index >= 15 is 0 Å². The predicted octanol–water partition coefficient (Wildman–Crippen LogP) is 2.15. The van der Waals surface area contributed by atoms with Crippen LogP contribution in [0.25, 0.3) is 0 Å². The number of aromatic hydroxyl groups is 1. The second kappa shape index (κ2) is 7.87. The van der Waals surface area contributed by atoms with Gasteiger partial charge in [0.1, 0.15) is 12.9 Å². The Morgan fingerprint density at radius 2 is 2.05 bits per heavy atom. The summed E-state index contributed by atoms with van der Waals surface area (Å²) in [5.41, 5.74) is -0.255. The molecule has 0 saturated heterocycles. The number of hydrogen-bond donors (Lipinski definition) is 2. The number of phenolic OH excluding ortho intramolecular Hbond substituents is 1. The van der Waals surface area contributed by atoms with E-state index in [1.165, 1.54) is 18.2 Å². The van der Waals surface area contributed by atoms with Gasteiger partial charge in [-0.25, -0.2) is 0 Å². The van der Waals surface area contributed by atoms with Crippen LogP contribution in [0.1, 0.15) is 37.0 Å². The van der Waals surface area contributed by atoms with E-state index in [2.05, 4.69) is 0 Å². The molecule has 0 aliphatic rings. The third-order valence-corrected chi connectivity index (χ3v) is 3.15. The molecule has 1 aromatic carbocycles. The summed E-state index contributed by atoms with van der Waals surface area (Å²) in [5.74, 6) is 0.253. The van der Waals surface area contributed by atoms with Crippen molar-refractivity contribution in [3.05, 3.63) is 23.8 Å². The Bertz CT molecular complexity index is 428. The summed E-state index contributed by atoms with van der Waals surface area (Å²) in [6.45, 7) is 4.76. The van der Waals surface area contributed by atoms with Gasteiger partial charge in [-0.15, -0.1) is 0 Å². The summed E-state index contributed by atoms with van der Waals surface area (Å²) >= 11 is 0. The van der Waals surface area contributed by atoms with Crippen molar-refractivity contribution in [2.24, 2.45) is 0 Å². The second-order valence-corrected chi connectivity index (χ2v) is 4.91. The first kappa shape index (κ1) is 16.5. The highest BCUT2D eigenvalue weighted by Gasteiger charge is 2.16. The topological polar surface area (TPSA) is 76.0 Å². The van der Waals surface area contributed by atoms with Crippen molar-refractivity contribution in [2.75, 3.05) is 19.8 Å². The minimum absolute atomic E-state index is 0.00971. The van der Waals surface area contributed by atoms with Crippen molar-refractivity contribution < 1.29 is 24.5 Å². The lowest BCUT2D eigenvalue weighted by atomic mass is 10.0. The third-order valence-electron chi connectivity index (χ3n) is 3.15. The SMILES string of the molecule is CC[C@@](C)(O)CCOCCOc1cc(C=O)ccc1O. The quantitative estimate of drug-likeness (QED) is 0.536. The van der Waals surface area contributed by atoms with Crippen LogP contribution >= 0.6 is 0 Å². The molecule has 2 N–H and O–H groups in total. The highest BCUT2D eigenvalue weighted by molar-refractivity contribution is 5.76. The second-order valence-electron chi connectivity index (χ2n) is 4.91. The van der Waals surface area contributed by atoms with Crippen molar-refractivity contribution in [3.8, 4) is 11.5 Å². The average Bonchev–Trinajstić information content (AvgIpc) is 2.44. The molecule has 1 atom stereocenters. The van der Waals surface area contributed by atoms with Crippen molar-refractivity contribution >= 4 is 6.29 Å². The van der Waals surface area contributed by atoms with Gasteiger partial charge in [0, 0.05) is 12.2 Å². The van der Waals surface area contributed by atoms with Crippen LogP contribution in [0.15, 0.2) is 18.2 Å². The Morgan fingerprint density at radius 3 is 2.70 bits per heavy atom. The molecule has 0 aliphatic carbocycles. The Kier molecular flexibility index (Phi) is 6.48. The van der Waals surface area contributed by atoms with E-state index in [-0.39, 0.29) is 18.1 Å². The van der Waals surface area contributed by atoms with E-state index in [0.29, 0.717) is 37.9 Å².